The number of aliphatic hydroxyl groups is 1. The average Bonchev–Trinajstić information content (AvgIpc) is 2.52. The number of hydrogen-bond acceptors (Lipinski definition) is 4. The number of sulfone groups is 1. The van der Waals surface area contributed by atoms with E-state index in [9.17, 15) is 13.5 Å². The van der Waals surface area contributed by atoms with E-state index in [-0.39, 0.29) is 11.5 Å². The minimum atomic E-state index is -3.06. The van der Waals surface area contributed by atoms with Crippen LogP contribution < -0.4 is 0 Å². The summed E-state index contributed by atoms with van der Waals surface area (Å²) in [4.78, 5) is 0.765. The van der Waals surface area contributed by atoms with Crippen LogP contribution in [0.3, 0.4) is 0 Å². The maximum absolute atomic E-state index is 11.4. The maximum Gasteiger partial charge on any atom is 0.153 e. The van der Waals surface area contributed by atoms with E-state index in [1.54, 1.807) is 6.07 Å². The van der Waals surface area contributed by atoms with Gasteiger partial charge in [-0.15, -0.1) is 11.3 Å². The third-order valence-electron chi connectivity index (χ3n) is 2.48. The van der Waals surface area contributed by atoms with Crippen molar-refractivity contribution in [3.8, 4) is 0 Å². The quantitative estimate of drug-likeness (QED) is 0.790. The number of rotatable bonds is 1. The SMILES string of the molecule is O=S1(=O)CCCC(O)(c2cccs2)C1. The molecule has 2 rings (SSSR count). The molecule has 0 radical (unpaired) electrons. The zero-order valence-corrected chi connectivity index (χ0v) is 9.27. The van der Waals surface area contributed by atoms with Gasteiger partial charge in [0.05, 0.1) is 11.5 Å². The molecule has 0 bridgehead atoms. The number of hydrogen-bond donors (Lipinski definition) is 1. The van der Waals surface area contributed by atoms with Gasteiger partial charge in [-0.2, -0.15) is 0 Å². The van der Waals surface area contributed by atoms with Gasteiger partial charge in [0, 0.05) is 4.88 Å². The summed E-state index contributed by atoms with van der Waals surface area (Å²) < 4.78 is 22.8. The van der Waals surface area contributed by atoms with Crippen molar-refractivity contribution in [2.75, 3.05) is 11.5 Å². The van der Waals surface area contributed by atoms with Crippen LogP contribution in [0.2, 0.25) is 0 Å². The molecule has 1 aliphatic heterocycles. The van der Waals surface area contributed by atoms with Gasteiger partial charge in [-0.25, -0.2) is 8.42 Å². The van der Waals surface area contributed by atoms with Crippen molar-refractivity contribution in [3.05, 3.63) is 22.4 Å². The molecule has 1 N–H and O–H groups in total. The summed E-state index contributed by atoms with van der Waals surface area (Å²) in [5, 5.41) is 12.1. The second-order valence-electron chi connectivity index (χ2n) is 3.70. The predicted molar refractivity (Wildman–Crippen MR) is 56.1 cm³/mol. The zero-order valence-electron chi connectivity index (χ0n) is 7.64. The Labute approximate surface area is 87.3 Å². The molecule has 2 heterocycles. The molecular weight excluding hydrogens is 220 g/mol. The highest BCUT2D eigenvalue weighted by Gasteiger charge is 2.39. The van der Waals surface area contributed by atoms with Gasteiger partial charge in [0.1, 0.15) is 5.60 Å². The van der Waals surface area contributed by atoms with Crippen LogP contribution in [0, 0.1) is 0 Å². The standard InChI is InChI=1S/C9H12O3S2/c10-9(8-3-1-5-13-8)4-2-6-14(11,12)7-9/h1,3,5,10H,2,4,6-7H2. The molecule has 78 valence electrons. The van der Waals surface area contributed by atoms with Crippen molar-refractivity contribution in [1.82, 2.24) is 0 Å². The highest BCUT2D eigenvalue weighted by molar-refractivity contribution is 7.91. The Morgan fingerprint density at radius 1 is 1.50 bits per heavy atom. The van der Waals surface area contributed by atoms with Crippen LogP contribution >= 0.6 is 11.3 Å². The fraction of sp³-hybridized carbons (Fsp3) is 0.556. The third kappa shape index (κ3) is 1.85. The van der Waals surface area contributed by atoms with Gasteiger partial charge in [-0.1, -0.05) is 6.07 Å². The van der Waals surface area contributed by atoms with Gasteiger partial charge in [0.15, 0.2) is 9.84 Å². The molecule has 0 saturated carbocycles. The molecule has 0 aromatic carbocycles. The van der Waals surface area contributed by atoms with Crippen LogP contribution in [-0.2, 0) is 15.4 Å². The van der Waals surface area contributed by atoms with Crippen molar-refractivity contribution in [1.29, 1.82) is 0 Å². The van der Waals surface area contributed by atoms with E-state index in [1.165, 1.54) is 11.3 Å². The van der Waals surface area contributed by atoms with E-state index in [0.717, 1.165) is 4.88 Å². The Bertz CT molecular complexity index is 407. The Kier molecular flexibility index (Phi) is 2.41. The molecule has 1 unspecified atom stereocenters. The van der Waals surface area contributed by atoms with E-state index in [2.05, 4.69) is 0 Å². The first-order valence-corrected chi connectivity index (χ1v) is 7.19. The second kappa shape index (κ2) is 3.32. The Morgan fingerprint density at radius 2 is 2.29 bits per heavy atom. The van der Waals surface area contributed by atoms with Crippen molar-refractivity contribution in [3.63, 3.8) is 0 Å². The lowest BCUT2D eigenvalue weighted by Gasteiger charge is -2.30. The van der Waals surface area contributed by atoms with Crippen LogP contribution in [0.25, 0.3) is 0 Å². The smallest absolute Gasteiger partial charge is 0.153 e. The predicted octanol–water partition coefficient (Wildman–Crippen LogP) is 1.14. The van der Waals surface area contributed by atoms with Gasteiger partial charge in [0.2, 0.25) is 0 Å². The summed E-state index contributed by atoms with van der Waals surface area (Å²) in [6, 6.07) is 3.63. The lowest BCUT2D eigenvalue weighted by atomic mass is 9.98. The van der Waals surface area contributed by atoms with Gasteiger partial charge in [0.25, 0.3) is 0 Å². The molecule has 14 heavy (non-hydrogen) atoms. The normalized spacial score (nSPS) is 31.5. The summed E-state index contributed by atoms with van der Waals surface area (Å²) in [6.07, 6.45) is 1.10. The first-order chi connectivity index (χ1) is 6.52. The molecule has 0 spiro atoms. The summed E-state index contributed by atoms with van der Waals surface area (Å²) in [6.45, 7) is 0. The summed E-state index contributed by atoms with van der Waals surface area (Å²) in [7, 11) is -3.06. The fourth-order valence-corrected chi connectivity index (χ4v) is 4.53. The van der Waals surface area contributed by atoms with E-state index in [1.807, 2.05) is 11.4 Å². The Balaban J connectivity index is 2.33. The Hall–Kier alpha value is -0.390. The second-order valence-corrected chi connectivity index (χ2v) is 6.84. The average molecular weight is 232 g/mol. The first kappa shape index (κ1) is 10.1. The van der Waals surface area contributed by atoms with Crippen molar-refractivity contribution in [2.45, 2.75) is 18.4 Å². The van der Waals surface area contributed by atoms with E-state index in [0.29, 0.717) is 12.8 Å². The topological polar surface area (TPSA) is 54.4 Å². The van der Waals surface area contributed by atoms with Crippen LogP contribution in [-0.4, -0.2) is 25.0 Å². The minimum Gasteiger partial charge on any atom is -0.383 e. The largest absolute Gasteiger partial charge is 0.383 e. The molecule has 1 saturated heterocycles. The summed E-state index contributed by atoms with van der Waals surface area (Å²) in [5.41, 5.74) is -1.13. The van der Waals surface area contributed by atoms with Gasteiger partial charge in [-0.3, -0.25) is 0 Å². The maximum atomic E-state index is 11.4. The first-order valence-electron chi connectivity index (χ1n) is 4.49. The molecule has 1 aromatic heterocycles. The van der Waals surface area contributed by atoms with Gasteiger partial charge in [-0.05, 0) is 24.3 Å². The van der Waals surface area contributed by atoms with Gasteiger partial charge >= 0.3 is 0 Å². The van der Waals surface area contributed by atoms with Crippen molar-refractivity contribution >= 4 is 21.2 Å². The van der Waals surface area contributed by atoms with Crippen molar-refractivity contribution < 1.29 is 13.5 Å². The molecule has 1 fully saturated rings. The van der Waals surface area contributed by atoms with Crippen LogP contribution in [0.15, 0.2) is 17.5 Å². The molecule has 1 aliphatic rings. The molecule has 3 nitrogen and oxygen atoms in total. The molecule has 5 heteroatoms. The lowest BCUT2D eigenvalue weighted by molar-refractivity contribution is 0.0505. The van der Waals surface area contributed by atoms with E-state index < -0.39 is 15.4 Å². The van der Waals surface area contributed by atoms with Crippen molar-refractivity contribution in [2.24, 2.45) is 0 Å². The summed E-state index contributed by atoms with van der Waals surface area (Å²) >= 11 is 1.41. The van der Waals surface area contributed by atoms with Crippen LogP contribution in [0.5, 0.6) is 0 Å². The highest BCUT2D eigenvalue weighted by Crippen LogP contribution is 2.35. The lowest BCUT2D eigenvalue weighted by Crippen LogP contribution is -2.39. The minimum absolute atomic E-state index is 0.124. The number of thiophene rings is 1. The molecule has 1 aromatic rings. The van der Waals surface area contributed by atoms with E-state index >= 15 is 0 Å². The Morgan fingerprint density at radius 3 is 2.86 bits per heavy atom. The fourth-order valence-electron chi connectivity index (χ4n) is 1.83. The highest BCUT2D eigenvalue weighted by atomic mass is 32.2. The third-order valence-corrected chi connectivity index (χ3v) is 5.38. The molecule has 0 aliphatic carbocycles. The van der Waals surface area contributed by atoms with Crippen LogP contribution in [0.4, 0.5) is 0 Å². The molecular formula is C9H12O3S2. The van der Waals surface area contributed by atoms with Crippen LogP contribution in [0.1, 0.15) is 17.7 Å². The monoisotopic (exact) mass is 232 g/mol. The summed E-state index contributed by atoms with van der Waals surface area (Å²) in [5.74, 6) is 0.0845. The zero-order chi connectivity index (χ0) is 10.2. The molecule has 0 amide bonds. The van der Waals surface area contributed by atoms with E-state index in [4.69, 9.17) is 0 Å². The van der Waals surface area contributed by atoms with Gasteiger partial charge < -0.3 is 5.11 Å². The molecule has 1 atom stereocenters.